The summed E-state index contributed by atoms with van der Waals surface area (Å²) < 4.78 is 4.64. The van der Waals surface area contributed by atoms with E-state index in [9.17, 15) is 9.59 Å². The molecule has 0 bridgehead atoms. The molecule has 1 amide bonds. The van der Waals surface area contributed by atoms with Crippen molar-refractivity contribution in [3.63, 3.8) is 0 Å². The Bertz CT molecular complexity index is 264. The van der Waals surface area contributed by atoms with Crippen molar-refractivity contribution in [1.82, 2.24) is 4.90 Å². The Morgan fingerprint density at radius 2 is 1.83 bits per heavy atom. The predicted molar refractivity (Wildman–Crippen MR) is 68.9 cm³/mol. The Balaban J connectivity index is 4.64. The fraction of sp³-hybridized carbons (Fsp3) is 0.846. The standard InChI is InChI=1S/C13H25NO4/c1-5-11(6-2)12(16)14(7-8-15)9-10(3)13(17)18-4/h10-11,15H,5-9H2,1-4H3. The van der Waals surface area contributed by atoms with Crippen LogP contribution in [0.4, 0.5) is 0 Å². The van der Waals surface area contributed by atoms with Crippen LogP contribution < -0.4 is 0 Å². The minimum Gasteiger partial charge on any atom is -0.469 e. The number of aliphatic hydroxyl groups is 1. The van der Waals surface area contributed by atoms with Gasteiger partial charge >= 0.3 is 5.97 Å². The quantitative estimate of drug-likeness (QED) is 0.662. The van der Waals surface area contributed by atoms with Gasteiger partial charge in [0.25, 0.3) is 0 Å². The molecule has 5 nitrogen and oxygen atoms in total. The summed E-state index contributed by atoms with van der Waals surface area (Å²) in [5, 5.41) is 9.01. The van der Waals surface area contributed by atoms with Crippen LogP contribution in [0, 0.1) is 11.8 Å². The average molecular weight is 259 g/mol. The summed E-state index contributed by atoms with van der Waals surface area (Å²) in [6.07, 6.45) is 1.54. The van der Waals surface area contributed by atoms with E-state index in [1.165, 1.54) is 7.11 Å². The van der Waals surface area contributed by atoms with Crippen LogP contribution >= 0.6 is 0 Å². The zero-order valence-electron chi connectivity index (χ0n) is 11.8. The van der Waals surface area contributed by atoms with Gasteiger partial charge in [0.15, 0.2) is 0 Å². The molecule has 0 radical (unpaired) electrons. The fourth-order valence-electron chi connectivity index (χ4n) is 1.91. The Morgan fingerprint density at radius 3 is 2.22 bits per heavy atom. The average Bonchev–Trinajstić information content (AvgIpc) is 2.38. The molecule has 0 aliphatic rings. The molecule has 0 fully saturated rings. The summed E-state index contributed by atoms with van der Waals surface area (Å²) in [5.41, 5.74) is 0. The van der Waals surface area contributed by atoms with Crippen LogP contribution in [0.5, 0.6) is 0 Å². The molecule has 18 heavy (non-hydrogen) atoms. The number of aliphatic hydroxyl groups excluding tert-OH is 1. The molecule has 1 N–H and O–H groups in total. The maximum Gasteiger partial charge on any atom is 0.310 e. The van der Waals surface area contributed by atoms with Gasteiger partial charge in [-0.1, -0.05) is 20.8 Å². The van der Waals surface area contributed by atoms with Gasteiger partial charge in [0.05, 0.1) is 19.6 Å². The van der Waals surface area contributed by atoms with Crippen molar-refractivity contribution in [1.29, 1.82) is 0 Å². The van der Waals surface area contributed by atoms with E-state index in [2.05, 4.69) is 4.74 Å². The number of amides is 1. The summed E-state index contributed by atoms with van der Waals surface area (Å²) in [4.78, 5) is 25.1. The number of hydrogen-bond acceptors (Lipinski definition) is 4. The normalized spacial score (nSPS) is 12.3. The van der Waals surface area contributed by atoms with Crippen LogP contribution in [0.1, 0.15) is 33.6 Å². The minimum absolute atomic E-state index is 0.00445. The topological polar surface area (TPSA) is 66.8 Å². The Hall–Kier alpha value is -1.10. The third-order valence-corrected chi connectivity index (χ3v) is 3.11. The molecular formula is C13H25NO4. The van der Waals surface area contributed by atoms with Crippen LogP contribution in [0.3, 0.4) is 0 Å². The summed E-state index contributed by atoms with van der Waals surface area (Å²) in [6, 6.07) is 0. The summed E-state index contributed by atoms with van der Waals surface area (Å²) in [6.45, 7) is 6.11. The molecule has 0 aromatic heterocycles. The third kappa shape index (κ3) is 5.04. The zero-order valence-corrected chi connectivity index (χ0v) is 11.8. The monoisotopic (exact) mass is 259 g/mol. The van der Waals surface area contributed by atoms with Crippen molar-refractivity contribution >= 4 is 11.9 Å². The van der Waals surface area contributed by atoms with Gasteiger partial charge in [-0.2, -0.15) is 0 Å². The van der Waals surface area contributed by atoms with Gasteiger partial charge in [-0.25, -0.2) is 0 Å². The van der Waals surface area contributed by atoms with Crippen LogP contribution in [0.15, 0.2) is 0 Å². The van der Waals surface area contributed by atoms with E-state index in [1.54, 1.807) is 11.8 Å². The number of hydrogen-bond donors (Lipinski definition) is 1. The lowest BCUT2D eigenvalue weighted by molar-refractivity contribution is -0.147. The van der Waals surface area contributed by atoms with E-state index in [-0.39, 0.29) is 36.9 Å². The van der Waals surface area contributed by atoms with E-state index in [1.807, 2.05) is 13.8 Å². The van der Waals surface area contributed by atoms with Crippen molar-refractivity contribution in [3.8, 4) is 0 Å². The molecule has 0 aliphatic heterocycles. The van der Waals surface area contributed by atoms with Gasteiger partial charge in [-0.05, 0) is 12.8 Å². The molecule has 0 spiro atoms. The number of methoxy groups -OCH3 is 1. The maximum absolute atomic E-state index is 12.2. The van der Waals surface area contributed by atoms with Crippen LogP contribution in [-0.4, -0.2) is 48.7 Å². The SMILES string of the molecule is CCC(CC)C(=O)N(CCO)CC(C)C(=O)OC. The van der Waals surface area contributed by atoms with Crippen molar-refractivity contribution < 1.29 is 19.4 Å². The molecular weight excluding hydrogens is 234 g/mol. The van der Waals surface area contributed by atoms with Gasteiger partial charge in [-0.3, -0.25) is 9.59 Å². The second-order valence-electron chi connectivity index (χ2n) is 4.45. The molecule has 5 heteroatoms. The van der Waals surface area contributed by atoms with E-state index >= 15 is 0 Å². The lowest BCUT2D eigenvalue weighted by Gasteiger charge is -2.27. The number of carbonyl (C=O) groups excluding carboxylic acids is 2. The van der Waals surface area contributed by atoms with Crippen molar-refractivity contribution in [3.05, 3.63) is 0 Å². The first-order valence-corrected chi connectivity index (χ1v) is 6.49. The van der Waals surface area contributed by atoms with Gasteiger partial charge < -0.3 is 14.7 Å². The number of esters is 1. The molecule has 0 heterocycles. The van der Waals surface area contributed by atoms with Crippen molar-refractivity contribution in [2.75, 3.05) is 26.8 Å². The molecule has 0 aromatic carbocycles. The zero-order chi connectivity index (χ0) is 14.1. The Kier molecular flexibility index (Phi) is 8.37. The number of ether oxygens (including phenoxy) is 1. The van der Waals surface area contributed by atoms with Gasteiger partial charge in [-0.15, -0.1) is 0 Å². The number of nitrogens with zero attached hydrogens (tertiary/aromatic N) is 1. The fourth-order valence-corrected chi connectivity index (χ4v) is 1.91. The summed E-state index contributed by atoms with van der Waals surface area (Å²) in [5.74, 6) is -0.749. The first-order valence-electron chi connectivity index (χ1n) is 6.49. The highest BCUT2D eigenvalue weighted by Gasteiger charge is 2.25. The third-order valence-electron chi connectivity index (χ3n) is 3.11. The van der Waals surface area contributed by atoms with E-state index in [0.29, 0.717) is 6.54 Å². The molecule has 0 rings (SSSR count). The van der Waals surface area contributed by atoms with Crippen LogP contribution in [0.25, 0.3) is 0 Å². The Morgan fingerprint density at radius 1 is 1.28 bits per heavy atom. The van der Waals surface area contributed by atoms with Crippen LogP contribution in [-0.2, 0) is 14.3 Å². The highest BCUT2D eigenvalue weighted by Crippen LogP contribution is 2.13. The first kappa shape index (κ1) is 16.9. The molecule has 0 saturated heterocycles. The first-order chi connectivity index (χ1) is 8.51. The van der Waals surface area contributed by atoms with Gasteiger partial charge in [0, 0.05) is 19.0 Å². The summed E-state index contributed by atoms with van der Waals surface area (Å²) >= 11 is 0. The van der Waals surface area contributed by atoms with Gasteiger partial charge in [0.2, 0.25) is 5.91 Å². The number of carbonyl (C=O) groups is 2. The van der Waals surface area contributed by atoms with E-state index in [0.717, 1.165) is 12.8 Å². The molecule has 0 aromatic rings. The molecule has 0 saturated carbocycles. The second kappa shape index (κ2) is 8.91. The molecule has 0 aliphatic carbocycles. The lowest BCUT2D eigenvalue weighted by Crippen LogP contribution is -2.42. The highest BCUT2D eigenvalue weighted by molar-refractivity contribution is 5.80. The van der Waals surface area contributed by atoms with Crippen molar-refractivity contribution in [2.45, 2.75) is 33.6 Å². The highest BCUT2D eigenvalue weighted by atomic mass is 16.5. The van der Waals surface area contributed by atoms with E-state index < -0.39 is 0 Å². The van der Waals surface area contributed by atoms with Gasteiger partial charge in [0.1, 0.15) is 0 Å². The summed E-state index contributed by atoms with van der Waals surface area (Å²) in [7, 11) is 1.33. The largest absolute Gasteiger partial charge is 0.469 e. The second-order valence-corrected chi connectivity index (χ2v) is 4.45. The molecule has 1 unspecified atom stereocenters. The van der Waals surface area contributed by atoms with Crippen molar-refractivity contribution in [2.24, 2.45) is 11.8 Å². The van der Waals surface area contributed by atoms with Crippen LogP contribution in [0.2, 0.25) is 0 Å². The smallest absolute Gasteiger partial charge is 0.310 e. The van der Waals surface area contributed by atoms with E-state index in [4.69, 9.17) is 5.11 Å². The molecule has 1 atom stereocenters. The lowest BCUT2D eigenvalue weighted by atomic mass is 10.0. The Labute approximate surface area is 109 Å². The minimum atomic E-state index is -0.375. The predicted octanol–water partition coefficient (Wildman–Crippen LogP) is 1.05. The molecule has 106 valence electrons. The maximum atomic E-state index is 12.2. The number of rotatable bonds is 8.